The third-order valence-corrected chi connectivity index (χ3v) is 13.8. The lowest BCUT2D eigenvalue weighted by Gasteiger charge is -2.35. The standard InChI is InChI=1S/C9H26O4Si3/c1-9(14(5)13-15(6,7)8)16(10-2,11-3)12-4/h9,14H,1-8H3. The van der Waals surface area contributed by atoms with Gasteiger partial charge in [0.1, 0.15) is 0 Å². The van der Waals surface area contributed by atoms with E-state index in [9.17, 15) is 0 Å². The molecule has 4 nitrogen and oxygen atoms in total. The largest absolute Gasteiger partial charge is 0.502 e. The molecule has 0 aromatic carbocycles. The maximum absolute atomic E-state index is 6.18. The summed E-state index contributed by atoms with van der Waals surface area (Å²) in [7, 11) is -0.384. The Bertz CT molecular complexity index is 195. The van der Waals surface area contributed by atoms with Gasteiger partial charge in [-0.05, 0) is 26.2 Å². The predicted octanol–water partition coefficient (Wildman–Crippen LogP) is 2.00. The smallest absolute Gasteiger partial charge is 0.458 e. The molecule has 0 amide bonds. The molecule has 2 atom stereocenters. The molecule has 2 unspecified atom stereocenters. The van der Waals surface area contributed by atoms with Crippen molar-refractivity contribution in [1.82, 2.24) is 0 Å². The molecule has 0 aromatic rings. The second-order valence-electron chi connectivity index (χ2n) is 4.94. The van der Waals surface area contributed by atoms with Gasteiger partial charge in [0.15, 0.2) is 17.4 Å². The van der Waals surface area contributed by atoms with Gasteiger partial charge in [0, 0.05) is 26.5 Å². The summed E-state index contributed by atoms with van der Waals surface area (Å²) in [4.78, 5) is 0. The van der Waals surface area contributed by atoms with Gasteiger partial charge in [-0.1, -0.05) is 6.92 Å². The van der Waals surface area contributed by atoms with Crippen LogP contribution in [-0.2, 0) is 17.4 Å². The lowest BCUT2D eigenvalue weighted by Crippen LogP contribution is -2.53. The third-order valence-electron chi connectivity index (χ3n) is 2.65. The van der Waals surface area contributed by atoms with Crippen molar-refractivity contribution in [1.29, 1.82) is 0 Å². The summed E-state index contributed by atoms with van der Waals surface area (Å²) in [5.74, 6) is 0. The minimum atomic E-state index is -2.52. The lowest BCUT2D eigenvalue weighted by atomic mass is 10.9. The predicted molar refractivity (Wildman–Crippen MR) is 73.6 cm³/mol. The van der Waals surface area contributed by atoms with Crippen LogP contribution in [0.3, 0.4) is 0 Å². The highest BCUT2D eigenvalue weighted by molar-refractivity contribution is 6.84. The van der Waals surface area contributed by atoms with Gasteiger partial charge in [-0.25, -0.2) is 0 Å². The van der Waals surface area contributed by atoms with Crippen LogP contribution in [0.25, 0.3) is 0 Å². The first-order valence-corrected chi connectivity index (χ1v) is 13.1. The van der Waals surface area contributed by atoms with Crippen LogP contribution in [0.2, 0.25) is 31.4 Å². The fourth-order valence-corrected chi connectivity index (χ4v) is 12.8. The fourth-order valence-electron chi connectivity index (χ4n) is 1.75. The molecule has 0 rings (SSSR count). The molecule has 0 saturated heterocycles. The van der Waals surface area contributed by atoms with E-state index in [1.54, 1.807) is 21.3 Å². The van der Waals surface area contributed by atoms with E-state index >= 15 is 0 Å². The zero-order chi connectivity index (χ0) is 13.0. The second kappa shape index (κ2) is 6.43. The first-order chi connectivity index (χ1) is 7.22. The summed E-state index contributed by atoms with van der Waals surface area (Å²) in [6.45, 7) is 10.9. The van der Waals surface area contributed by atoms with E-state index in [-0.39, 0.29) is 5.16 Å². The van der Waals surface area contributed by atoms with Crippen molar-refractivity contribution in [3.05, 3.63) is 0 Å². The van der Waals surface area contributed by atoms with Crippen LogP contribution in [0.4, 0.5) is 0 Å². The Balaban J connectivity index is 4.68. The first-order valence-electron chi connectivity index (χ1n) is 5.55. The van der Waals surface area contributed by atoms with Gasteiger partial charge >= 0.3 is 8.80 Å². The van der Waals surface area contributed by atoms with Gasteiger partial charge < -0.3 is 17.4 Å². The maximum Gasteiger partial charge on any atom is 0.502 e. The SMILES string of the molecule is CO[Si](OC)(OC)C(C)[SiH](C)O[Si](C)(C)C. The maximum atomic E-state index is 6.18. The second-order valence-corrected chi connectivity index (χ2v) is 16.5. The number of hydrogen-bond donors (Lipinski definition) is 0. The van der Waals surface area contributed by atoms with Crippen molar-refractivity contribution >= 4 is 26.2 Å². The highest BCUT2D eigenvalue weighted by atomic mass is 28.4. The van der Waals surface area contributed by atoms with Crippen molar-refractivity contribution in [2.75, 3.05) is 21.3 Å². The zero-order valence-corrected chi connectivity index (χ0v) is 14.9. The molecule has 16 heavy (non-hydrogen) atoms. The molecule has 0 aromatic heterocycles. The van der Waals surface area contributed by atoms with Gasteiger partial charge in [-0.3, -0.25) is 0 Å². The highest BCUT2D eigenvalue weighted by Gasteiger charge is 2.48. The lowest BCUT2D eigenvalue weighted by molar-refractivity contribution is 0.119. The van der Waals surface area contributed by atoms with Crippen LogP contribution in [0.1, 0.15) is 6.92 Å². The summed E-state index contributed by atoms with van der Waals surface area (Å²) in [6, 6.07) is 0. The summed E-state index contributed by atoms with van der Waals surface area (Å²) in [5.41, 5.74) is 0. The summed E-state index contributed by atoms with van der Waals surface area (Å²) in [5, 5.41) is 0.263. The molecule has 0 aliphatic rings. The summed E-state index contributed by atoms with van der Waals surface area (Å²) < 4.78 is 22.7. The van der Waals surface area contributed by atoms with E-state index < -0.39 is 26.2 Å². The van der Waals surface area contributed by atoms with Gasteiger partial charge in [0.05, 0.1) is 0 Å². The Labute approximate surface area is 103 Å². The minimum Gasteiger partial charge on any atom is -0.458 e. The first kappa shape index (κ1) is 16.5. The molecule has 7 heteroatoms. The molecule has 0 radical (unpaired) electrons. The third kappa shape index (κ3) is 4.40. The molecular weight excluding hydrogens is 256 g/mol. The van der Waals surface area contributed by atoms with Crippen LogP contribution >= 0.6 is 0 Å². The molecule has 0 saturated carbocycles. The molecular formula is C9H26O4Si3. The van der Waals surface area contributed by atoms with Crippen LogP contribution in [0.15, 0.2) is 0 Å². The van der Waals surface area contributed by atoms with Crippen LogP contribution < -0.4 is 0 Å². The van der Waals surface area contributed by atoms with E-state index in [1.807, 2.05) is 0 Å². The Morgan fingerprint density at radius 3 is 1.56 bits per heavy atom. The molecule has 0 fully saturated rings. The van der Waals surface area contributed by atoms with Gasteiger partial charge in [-0.2, -0.15) is 0 Å². The molecule has 0 heterocycles. The number of rotatable bonds is 7. The summed E-state index contributed by atoms with van der Waals surface area (Å²) >= 11 is 0. The van der Waals surface area contributed by atoms with Crippen LogP contribution in [0, 0.1) is 0 Å². The number of hydrogen-bond acceptors (Lipinski definition) is 4. The monoisotopic (exact) mass is 282 g/mol. The zero-order valence-electron chi connectivity index (χ0n) is 11.8. The van der Waals surface area contributed by atoms with Crippen molar-refractivity contribution < 1.29 is 17.4 Å². The Morgan fingerprint density at radius 1 is 0.938 bits per heavy atom. The normalized spacial score (nSPS) is 17.2. The van der Waals surface area contributed by atoms with E-state index in [0.717, 1.165) is 0 Å². The average molecular weight is 283 g/mol. The van der Waals surface area contributed by atoms with Crippen LogP contribution in [-0.4, -0.2) is 47.5 Å². The topological polar surface area (TPSA) is 36.9 Å². The molecule has 98 valence electrons. The van der Waals surface area contributed by atoms with E-state index in [0.29, 0.717) is 0 Å². The Kier molecular flexibility index (Phi) is 6.63. The fraction of sp³-hybridized carbons (Fsp3) is 1.00. The average Bonchev–Trinajstić information content (AvgIpc) is 2.18. The summed E-state index contributed by atoms with van der Waals surface area (Å²) in [6.07, 6.45) is 0. The Hall–Kier alpha value is 0.491. The Morgan fingerprint density at radius 2 is 1.31 bits per heavy atom. The van der Waals surface area contributed by atoms with Crippen molar-refractivity contribution in [3.63, 3.8) is 0 Å². The molecule has 0 aliphatic heterocycles. The molecule has 0 aliphatic carbocycles. The van der Waals surface area contributed by atoms with E-state index in [2.05, 4.69) is 33.1 Å². The van der Waals surface area contributed by atoms with Crippen molar-refractivity contribution in [3.8, 4) is 0 Å². The van der Waals surface area contributed by atoms with Gasteiger partial charge in [0.25, 0.3) is 0 Å². The van der Waals surface area contributed by atoms with E-state index in [1.165, 1.54) is 0 Å². The minimum absolute atomic E-state index is 0.263. The van der Waals surface area contributed by atoms with Crippen LogP contribution in [0.5, 0.6) is 0 Å². The molecule has 0 N–H and O–H groups in total. The molecule has 0 spiro atoms. The van der Waals surface area contributed by atoms with Gasteiger partial charge in [-0.15, -0.1) is 0 Å². The molecule has 0 bridgehead atoms. The quantitative estimate of drug-likeness (QED) is 0.669. The van der Waals surface area contributed by atoms with Crippen molar-refractivity contribution in [2.24, 2.45) is 0 Å². The van der Waals surface area contributed by atoms with E-state index in [4.69, 9.17) is 17.4 Å². The van der Waals surface area contributed by atoms with Gasteiger partial charge in [0.2, 0.25) is 0 Å². The highest BCUT2D eigenvalue weighted by Crippen LogP contribution is 2.28. The van der Waals surface area contributed by atoms with Crippen molar-refractivity contribution in [2.45, 2.75) is 38.3 Å².